The molecule has 0 radical (unpaired) electrons. The number of rotatable bonds is 4. The molecule has 0 aliphatic carbocycles. The summed E-state index contributed by atoms with van der Waals surface area (Å²) in [6.45, 7) is 0.896. The summed E-state index contributed by atoms with van der Waals surface area (Å²) in [6, 6.07) is 5.88. The van der Waals surface area contributed by atoms with E-state index in [0.717, 1.165) is 29.7 Å². The third-order valence-electron chi connectivity index (χ3n) is 2.36. The maximum absolute atomic E-state index is 5.67. The van der Waals surface area contributed by atoms with Gasteiger partial charge in [0, 0.05) is 18.5 Å². The third-order valence-corrected chi connectivity index (χ3v) is 2.63. The van der Waals surface area contributed by atoms with Crippen LogP contribution in [0.25, 0.3) is 11.0 Å². The van der Waals surface area contributed by atoms with E-state index in [-0.39, 0.29) is 0 Å². The first-order valence-corrected chi connectivity index (χ1v) is 5.43. The van der Waals surface area contributed by atoms with Crippen molar-refractivity contribution in [2.75, 3.05) is 13.0 Å². The van der Waals surface area contributed by atoms with Gasteiger partial charge in [-0.05, 0) is 18.6 Å². The topological polar surface area (TPSA) is 27.1 Å². The average Bonchev–Trinajstić information content (AvgIpc) is 2.68. The fourth-order valence-corrected chi connectivity index (χ4v) is 1.69. The first-order valence-electron chi connectivity index (χ1n) is 4.90. The molecule has 80 valence electrons. The molecule has 1 heterocycles. The number of fused-ring (bicyclic) bond motifs is 1. The van der Waals surface area contributed by atoms with E-state index in [1.807, 2.05) is 24.5 Å². The summed E-state index contributed by atoms with van der Waals surface area (Å²) in [5, 5.41) is 0. The van der Waals surface area contributed by atoms with Crippen LogP contribution < -0.4 is 4.74 Å². The number of ether oxygens (including phenoxy) is 1. The smallest absolute Gasteiger partial charge is 0.121 e. The van der Waals surface area contributed by atoms with Gasteiger partial charge in [-0.3, -0.25) is 0 Å². The Labute approximate surface area is 93.6 Å². The molecule has 3 nitrogen and oxygen atoms in total. The number of halogens is 1. The SMILES string of the molecule is COc1ccc2ncn(CCCCl)c2c1. The minimum absolute atomic E-state index is 0.670. The molecule has 2 aromatic rings. The first kappa shape index (κ1) is 10.3. The number of imidazole rings is 1. The predicted octanol–water partition coefficient (Wildman–Crippen LogP) is 2.67. The highest BCUT2D eigenvalue weighted by atomic mass is 35.5. The standard InChI is InChI=1S/C11H13ClN2O/c1-15-9-3-4-10-11(7-9)14(8-13-10)6-2-5-12/h3-4,7-8H,2,5-6H2,1H3. The van der Waals surface area contributed by atoms with Crippen LogP contribution in [0.3, 0.4) is 0 Å². The van der Waals surface area contributed by atoms with E-state index in [0.29, 0.717) is 5.88 Å². The summed E-state index contributed by atoms with van der Waals surface area (Å²) < 4.78 is 7.28. The summed E-state index contributed by atoms with van der Waals surface area (Å²) in [4.78, 5) is 4.31. The molecule has 0 unspecified atom stereocenters. The Bertz CT molecular complexity index is 453. The Hall–Kier alpha value is -1.22. The Morgan fingerprint density at radius 3 is 3.07 bits per heavy atom. The monoisotopic (exact) mass is 224 g/mol. The van der Waals surface area contributed by atoms with Crippen LogP contribution in [0.5, 0.6) is 5.75 Å². The van der Waals surface area contributed by atoms with Crippen molar-refractivity contribution in [1.82, 2.24) is 9.55 Å². The Kier molecular flexibility index (Phi) is 3.11. The molecule has 0 aliphatic rings. The molecular weight excluding hydrogens is 212 g/mol. The minimum Gasteiger partial charge on any atom is -0.497 e. The second-order valence-corrected chi connectivity index (χ2v) is 3.71. The van der Waals surface area contributed by atoms with Crippen molar-refractivity contribution in [3.05, 3.63) is 24.5 Å². The number of aromatic nitrogens is 2. The minimum atomic E-state index is 0.670. The van der Waals surface area contributed by atoms with Crippen LogP contribution in [0.2, 0.25) is 0 Å². The molecule has 4 heteroatoms. The van der Waals surface area contributed by atoms with Gasteiger partial charge in [-0.25, -0.2) is 4.98 Å². The van der Waals surface area contributed by atoms with Crippen molar-refractivity contribution in [1.29, 1.82) is 0 Å². The van der Waals surface area contributed by atoms with Crippen molar-refractivity contribution in [2.24, 2.45) is 0 Å². The lowest BCUT2D eigenvalue weighted by Crippen LogP contribution is -1.96. The number of methoxy groups -OCH3 is 1. The van der Waals surface area contributed by atoms with Crippen LogP contribution in [0.4, 0.5) is 0 Å². The summed E-state index contributed by atoms with van der Waals surface area (Å²) in [5.74, 6) is 1.53. The molecule has 15 heavy (non-hydrogen) atoms. The number of alkyl halides is 1. The molecule has 0 saturated carbocycles. The van der Waals surface area contributed by atoms with Gasteiger partial charge in [0.15, 0.2) is 0 Å². The van der Waals surface area contributed by atoms with Crippen LogP contribution >= 0.6 is 11.6 Å². The quantitative estimate of drug-likeness (QED) is 0.747. The predicted molar refractivity (Wildman–Crippen MR) is 61.6 cm³/mol. The zero-order chi connectivity index (χ0) is 10.7. The summed E-state index contributed by atoms with van der Waals surface area (Å²) >= 11 is 5.67. The largest absolute Gasteiger partial charge is 0.497 e. The Morgan fingerprint density at radius 2 is 2.33 bits per heavy atom. The Balaban J connectivity index is 2.38. The summed E-state index contributed by atoms with van der Waals surface area (Å²) in [7, 11) is 1.67. The zero-order valence-electron chi connectivity index (χ0n) is 8.61. The maximum Gasteiger partial charge on any atom is 0.121 e. The van der Waals surface area contributed by atoms with Crippen molar-refractivity contribution >= 4 is 22.6 Å². The number of hydrogen-bond acceptors (Lipinski definition) is 2. The van der Waals surface area contributed by atoms with E-state index in [1.54, 1.807) is 7.11 Å². The molecule has 1 aromatic heterocycles. The fraction of sp³-hybridized carbons (Fsp3) is 0.364. The molecule has 0 amide bonds. The van der Waals surface area contributed by atoms with Crippen LogP contribution in [-0.2, 0) is 6.54 Å². The van der Waals surface area contributed by atoms with E-state index in [2.05, 4.69) is 9.55 Å². The molecule has 2 rings (SSSR count). The highest BCUT2D eigenvalue weighted by molar-refractivity contribution is 6.17. The zero-order valence-corrected chi connectivity index (χ0v) is 9.37. The Morgan fingerprint density at radius 1 is 1.47 bits per heavy atom. The number of nitrogens with zero attached hydrogens (tertiary/aromatic N) is 2. The molecule has 0 aliphatic heterocycles. The van der Waals surface area contributed by atoms with Crippen LogP contribution in [-0.4, -0.2) is 22.5 Å². The average molecular weight is 225 g/mol. The summed E-state index contributed by atoms with van der Waals surface area (Å²) in [5.41, 5.74) is 2.09. The molecule has 0 saturated heterocycles. The van der Waals surface area contributed by atoms with E-state index < -0.39 is 0 Å². The number of hydrogen-bond donors (Lipinski definition) is 0. The second-order valence-electron chi connectivity index (χ2n) is 3.34. The van der Waals surface area contributed by atoms with Gasteiger partial charge in [0.25, 0.3) is 0 Å². The molecule has 0 fully saturated rings. The lowest BCUT2D eigenvalue weighted by Gasteiger charge is -2.03. The first-order chi connectivity index (χ1) is 7.35. The van der Waals surface area contributed by atoms with E-state index in [9.17, 15) is 0 Å². The lowest BCUT2D eigenvalue weighted by atomic mass is 10.3. The van der Waals surface area contributed by atoms with Crippen molar-refractivity contribution < 1.29 is 4.74 Å². The third kappa shape index (κ3) is 2.07. The van der Waals surface area contributed by atoms with Gasteiger partial charge < -0.3 is 9.30 Å². The van der Waals surface area contributed by atoms with Crippen LogP contribution in [0, 0.1) is 0 Å². The van der Waals surface area contributed by atoms with E-state index in [1.165, 1.54) is 0 Å². The van der Waals surface area contributed by atoms with E-state index >= 15 is 0 Å². The molecule has 1 aromatic carbocycles. The van der Waals surface area contributed by atoms with Gasteiger partial charge in [-0.15, -0.1) is 11.6 Å². The van der Waals surface area contributed by atoms with Crippen molar-refractivity contribution in [3.8, 4) is 5.75 Å². The second kappa shape index (κ2) is 4.53. The molecule has 0 bridgehead atoms. The number of benzene rings is 1. The highest BCUT2D eigenvalue weighted by Crippen LogP contribution is 2.19. The normalized spacial score (nSPS) is 10.8. The highest BCUT2D eigenvalue weighted by Gasteiger charge is 2.03. The molecule has 0 spiro atoms. The van der Waals surface area contributed by atoms with Crippen LogP contribution in [0.1, 0.15) is 6.42 Å². The molecule has 0 N–H and O–H groups in total. The maximum atomic E-state index is 5.67. The van der Waals surface area contributed by atoms with Gasteiger partial charge in [0.1, 0.15) is 5.75 Å². The van der Waals surface area contributed by atoms with E-state index in [4.69, 9.17) is 16.3 Å². The van der Waals surface area contributed by atoms with Crippen molar-refractivity contribution in [3.63, 3.8) is 0 Å². The van der Waals surface area contributed by atoms with Gasteiger partial charge in [0.2, 0.25) is 0 Å². The summed E-state index contributed by atoms with van der Waals surface area (Å²) in [6.07, 6.45) is 2.79. The van der Waals surface area contributed by atoms with Crippen molar-refractivity contribution in [2.45, 2.75) is 13.0 Å². The van der Waals surface area contributed by atoms with Gasteiger partial charge in [0.05, 0.1) is 24.5 Å². The molecule has 0 atom stereocenters. The van der Waals surface area contributed by atoms with Gasteiger partial charge in [-0.2, -0.15) is 0 Å². The van der Waals surface area contributed by atoms with Crippen LogP contribution in [0.15, 0.2) is 24.5 Å². The van der Waals surface area contributed by atoms with Gasteiger partial charge >= 0.3 is 0 Å². The number of aryl methyl sites for hydroxylation is 1. The van der Waals surface area contributed by atoms with Gasteiger partial charge in [-0.1, -0.05) is 0 Å². The lowest BCUT2D eigenvalue weighted by molar-refractivity contribution is 0.415. The molecular formula is C11H13ClN2O. The fourth-order valence-electron chi connectivity index (χ4n) is 1.57.